The van der Waals surface area contributed by atoms with Crippen molar-refractivity contribution in [3.8, 4) is 11.5 Å². The Kier molecular flexibility index (Phi) is 19.6. The average Bonchev–Trinajstić information content (AvgIpc) is 4.20. The number of hydrogen-bond donors (Lipinski definition) is 2. The van der Waals surface area contributed by atoms with Gasteiger partial charge in [-0.25, -0.2) is 4.79 Å². The minimum absolute atomic E-state index is 0.0157. The molecule has 6 nitrogen and oxygen atoms in total. The number of unbranched alkanes of at least 4 members (excludes halogenated alkanes) is 2. The summed E-state index contributed by atoms with van der Waals surface area (Å²) in [5.41, 5.74) is 5.51. The molecule has 0 aromatic heterocycles. The summed E-state index contributed by atoms with van der Waals surface area (Å²) in [6.07, 6.45) is 19.5. The summed E-state index contributed by atoms with van der Waals surface area (Å²) in [7, 11) is 0. The van der Waals surface area contributed by atoms with Crippen molar-refractivity contribution in [2.45, 2.75) is 120 Å². The zero-order valence-electron chi connectivity index (χ0n) is 41.3. The fraction of sp³-hybridized carbons (Fsp3) is 0.417. The standard InChI is InChI=1S/C60H66Cl6N2O4/c1-3-5-35-70-47-27-19-41(20-28-47)49(39-15-23-45(24-16-39)67-33-31-51(61)43-11-7-8-12-43)37-60(54-53(59(69)72-60)55(63)57(65)58(66)56(54)64)38-50(42-21-29-48(30-22-42)71-36-6-4-2)40-17-25-46(26-18-40)68-34-32-52(62)44-13-9-10-14-44/h15-30,37-38,43-44,51-52,67-68H,3-14,31-36H2,1-2H3. The summed E-state index contributed by atoms with van der Waals surface area (Å²) in [6.45, 7) is 7.02. The van der Waals surface area contributed by atoms with Crippen molar-refractivity contribution in [2.24, 2.45) is 11.8 Å². The van der Waals surface area contributed by atoms with Gasteiger partial charge < -0.3 is 24.8 Å². The summed E-state index contributed by atoms with van der Waals surface area (Å²) in [5.74, 6) is 1.98. The highest BCUT2D eigenvalue weighted by atomic mass is 35.5. The lowest BCUT2D eigenvalue weighted by atomic mass is 9.83. The molecule has 1 heterocycles. The summed E-state index contributed by atoms with van der Waals surface area (Å²) in [6, 6.07) is 32.5. The number of nitrogens with one attached hydrogen (secondary N) is 2. The van der Waals surface area contributed by atoms with Gasteiger partial charge in [-0.3, -0.25) is 0 Å². The van der Waals surface area contributed by atoms with Crippen LogP contribution in [-0.4, -0.2) is 43.0 Å². The van der Waals surface area contributed by atoms with E-state index in [0.717, 1.165) is 108 Å². The molecule has 0 saturated heterocycles. The number of rotatable bonds is 24. The molecule has 3 aliphatic rings. The van der Waals surface area contributed by atoms with Crippen molar-refractivity contribution in [2.75, 3.05) is 36.9 Å². The lowest BCUT2D eigenvalue weighted by Gasteiger charge is -2.27. The van der Waals surface area contributed by atoms with Gasteiger partial charge in [-0.1, -0.05) is 147 Å². The number of alkyl halides is 2. The number of esters is 1. The molecular weight excluding hydrogens is 1030 g/mol. The van der Waals surface area contributed by atoms with Gasteiger partial charge in [-0.05, 0) is 157 Å². The predicted molar refractivity (Wildman–Crippen MR) is 304 cm³/mol. The molecule has 2 unspecified atom stereocenters. The van der Waals surface area contributed by atoms with E-state index < -0.39 is 11.6 Å². The SMILES string of the molecule is CCCCOc1ccc(C(=CC2(C=C(c3ccc(NCCC(Cl)C4CCCC4)cc3)c3ccc(OCCCC)cc3)OC(=O)c3c(Cl)c(Cl)c(Cl)c(Cl)c32)c2ccc(NCCC(Cl)C3CCCC3)cc2)cc1. The Morgan fingerprint density at radius 3 is 1.35 bits per heavy atom. The third-order valence-corrected chi connectivity index (χ3v) is 17.4. The van der Waals surface area contributed by atoms with E-state index >= 15 is 0 Å². The summed E-state index contributed by atoms with van der Waals surface area (Å²) < 4.78 is 18.9. The van der Waals surface area contributed by atoms with Crippen molar-refractivity contribution in [3.63, 3.8) is 0 Å². The number of ether oxygens (including phenoxy) is 3. The van der Waals surface area contributed by atoms with Crippen LogP contribution in [0.4, 0.5) is 11.4 Å². The van der Waals surface area contributed by atoms with E-state index in [2.05, 4.69) is 73.0 Å². The molecule has 2 N–H and O–H groups in total. The zero-order chi connectivity index (χ0) is 50.6. The summed E-state index contributed by atoms with van der Waals surface area (Å²) in [4.78, 5) is 14.5. The van der Waals surface area contributed by atoms with Crippen LogP contribution < -0.4 is 20.1 Å². The molecule has 5 aromatic carbocycles. The first-order valence-electron chi connectivity index (χ1n) is 26.0. The Bertz CT molecular complexity index is 2500. The molecule has 2 aliphatic carbocycles. The van der Waals surface area contributed by atoms with Crippen molar-refractivity contribution < 1.29 is 19.0 Å². The van der Waals surface area contributed by atoms with E-state index in [1.165, 1.54) is 51.4 Å². The van der Waals surface area contributed by atoms with E-state index in [-0.39, 0.29) is 42.0 Å². The maximum absolute atomic E-state index is 14.5. The van der Waals surface area contributed by atoms with Crippen LogP contribution in [0.25, 0.3) is 11.1 Å². The molecule has 0 bridgehead atoms. The first-order chi connectivity index (χ1) is 35.0. The molecule has 2 saturated carbocycles. The monoisotopic (exact) mass is 1090 g/mol. The zero-order valence-corrected chi connectivity index (χ0v) is 45.9. The van der Waals surface area contributed by atoms with Gasteiger partial charge in [0.25, 0.3) is 0 Å². The van der Waals surface area contributed by atoms with Gasteiger partial charge in [0.15, 0.2) is 5.60 Å². The Morgan fingerprint density at radius 1 is 0.583 bits per heavy atom. The maximum atomic E-state index is 14.5. The largest absolute Gasteiger partial charge is 0.494 e. The third-order valence-electron chi connectivity index (χ3n) is 14.4. The average molecular weight is 1090 g/mol. The number of halogens is 6. The van der Waals surface area contributed by atoms with E-state index in [0.29, 0.717) is 25.0 Å². The van der Waals surface area contributed by atoms with Crippen molar-refractivity contribution in [3.05, 3.63) is 163 Å². The van der Waals surface area contributed by atoms with Crippen LogP contribution in [-0.2, 0) is 10.3 Å². The van der Waals surface area contributed by atoms with Gasteiger partial charge in [-0.15, -0.1) is 23.2 Å². The second-order valence-corrected chi connectivity index (χ2v) is 22.1. The first kappa shape index (κ1) is 54.3. The van der Waals surface area contributed by atoms with Crippen LogP contribution in [0.15, 0.2) is 109 Å². The molecule has 72 heavy (non-hydrogen) atoms. The maximum Gasteiger partial charge on any atom is 0.341 e. The second-order valence-electron chi connectivity index (χ2n) is 19.5. The normalized spacial score (nSPS) is 18.2. The Labute approximate surface area is 457 Å². The molecule has 12 heteroatoms. The number of benzene rings is 5. The predicted octanol–water partition coefficient (Wildman–Crippen LogP) is 18.5. The second kappa shape index (κ2) is 26.0. The van der Waals surface area contributed by atoms with Crippen molar-refractivity contribution >= 4 is 98.1 Å². The highest BCUT2D eigenvalue weighted by Crippen LogP contribution is 2.54. The molecule has 2 atom stereocenters. The van der Waals surface area contributed by atoms with Crippen molar-refractivity contribution in [1.82, 2.24) is 0 Å². The lowest BCUT2D eigenvalue weighted by molar-refractivity contribution is 0.0300. The van der Waals surface area contributed by atoms with Gasteiger partial charge in [0.1, 0.15) is 11.5 Å². The number of anilines is 2. The fourth-order valence-corrected chi connectivity index (χ4v) is 12.1. The number of carbonyl (C=O) groups excluding carboxylic acids is 1. The van der Waals surface area contributed by atoms with Gasteiger partial charge in [0.05, 0.1) is 38.9 Å². The topological polar surface area (TPSA) is 68.8 Å². The highest BCUT2D eigenvalue weighted by Gasteiger charge is 2.48. The molecule has 1 aliphatic heterocycles. The van der Waals surface area contributed by atoms with Gasteiger partial charge in [-0.2, -0.15) is 0 Å². The number of cyclic esters (lactones) is 1. The van der Waals surface area contributed by atoms with Crippen LogP contribution in [0.3, 0.4) is 0 Å². The third kappa shape index (κ3) is 13.3. The number of hydrogen-bond acceptors (Lipinski definition) is 6. The molecular formula is C60H66Cl6N2O4. The van der Waals surface area contributed by atoms with Crippen LogP contribution in [0, 0.1) is 11.8 Å². The number of fused-ring (bicyclic) bond motifs is 1. The van der Waals surface area contributed by atoms with Crippen LogP contribution in [0.5, 0.6) is 11.5 Å². The van der Waals surface area contributed by atoms with Gasteiger partial charge in [0, 0.05) is 40.8 Å². The molecule has 0 amide bonds. The smallest absolute Gasteiger partial charge is 0.341 e. The van der Waals surface area contributed by atoms with Crippen LogP contribution in [0.2, 0.25) is 20.1 Å². The first-order valence-corrected chi connectivity index (χ1v) is 28.4. The number of carbonyl (C=O) groups is 1. The molecule has 0 spiro atoms. The van der Waals surface area contributed by atoms with E-state index in [4.69, 9.17) is 83.8 Å². The minimum Gasteiger partial charge on any atom is -0.494 e. The highest BCUT2D eigenvalue weighted by molar-refractivity contribution is 6.53. The van der Waals surface area contributed by atoms with E-state index in [9.17, 15) is 4.79 Å². The quantitative estimate of drug-likeness (QED) is 0.0211. The Hall–Kier alpha value is -4.01. The molecule has 2 fully saturated rings. The van der Waals surface area contributed by atoms with Crippen LogP contribution in [0.1, 0.15) is 142 Å². The summed E-state index contributed by atoms with van der Waals surface area (Å²) >= 11 is 41.7. The van der Waals surface area contributed by atoms with Gasteiger partial charge in [0.2, 0.25) is 0 Å². The molecule has 382 valence electrons. The van der Waals surface area contributed by atoms with E-state index in [1.807, 2.05) is 60.7 Å². The van der Waals surface area contributed by atoms with Crippen molar-refractivity contribution in [1.29, 1.82) is 0 Å². The fourth-order valence-electron chi connectivity index (χ4n) is 10.3. The molecule has 8 rings (SSSR count). The lowest BCUT2D eigenvalue weighted by Crippen LogP contribution is -2.23. The summed E-state index contributed by atoms with van der Waals surface area (Å²) in [5, 5.41) is 7.50. The molecule has 5 aromatic rings. The van der Waals surface area contributed by atoms with Gasteiger partial charge >= 0.3 is 5.97 Å². The van der Waals surface area contributed by atoms with E-state index in [1.54, 1.807) is 0 Å². The Morgan fingerprint density at radius 2 is 0.958 bits per heavy atom. The minimum atomic E-state index is -1.68. The Balaban J connectivity index is 1.25. The molecule has 0 radical (unpaired) electrons. The van der Waals surface area contributed by atoms with Crippen LogP contribution >= 0.6 is 69.6 Å².